The van der Waals surface area contributed by atoms with E-state index in [1.807, 2.05) is 54.6 Å². The number of aromatic amines is 1. The van der Waals surface area contributed by atoms with Crippen LogP contribution >= 0.6 is 23.2 Å². The quantitative estimate of drug-likeness (QED) is 0.134. The topological polar surface area (TPSA) is 103 Å². The van der Waals surface area contributed by atoms with Crippen molar-refractivity contribution in [2.45, 2.75) is 37.6 Å². The van der Waals surface area contributed by atoms with Crippen molar-refractivity contribution in [3.63, 3.8) is 0 Å². The van der Waals surface area contributed by atoms with E-state index in [0.717, 1.165) is 22.3 Å². The van der Waals surface area contributed by atoms with Crippen LogP contribution < -0.4 is 16.1 Å². The highest BCUT2D eigenvalue weighted by atomic mass is 35.5. The van der Waals surface area contributed by atoms with Crippen molar-refractivity contribution in [1.29, 1.82) is 0 Å². The van der Waals surface area contributed by atoms with Gasteiger partial charge in [-0.15, -0.1) is 18.2 Å². The molecule has 8 nitrogen and oxygen atoms in total. The smallest absolute Gasteiger partial charge is 0.439 e. The molecule has 3 aromatic carbocycles. The highest BCUT2D eigenvalue weighted by Crippen LogP contribution is 2.30. The number of allylic oxidation sites excluding steroid dienone is 1. The minimum Gasteiger partial charge on any atom is -0.475 e. The molecular weight excluding hydrogens is 575 g/mol. The summed E-state index contributed by atoms with van der Waals surface area (Å²) in [5, 5.41) is 3.84. The summed E-state index contributed by atoms with van der Waals surface area (Å²) in [5.41, 5.74) is 4.74. The molecule has 0 saturated heterocycles. The SMILES string of the molecule is C=CCCc1nc(CCl)n(-c2ccc(OC(C)Cl)cc2)c(=O)c1Cc1ccc(-c2ccccc2-c2noc(=O)[nH]2)cc1. The van der Waals surface area contributed by atoms with E-state index in [2.05, 4.69) is 16.7 Å². The largest absolute Gasteiger partial charge is 0.475 e. The van der Waals surface area contributed by atoms with Crippen molar-refractivity contribution < 1.29 is 9.26 Å². The predicted octanol–water partition coefficient (Wildman–Crippen LogP) is 6.65. The first-order chi connectivity index (χ1) is 20.4. The first-order valence-electron chi connectivity index (χ1n) is 13.3. The number of hydrogen-bond acceptors (Lipinski definition) is 6. The Hall–Kier alpha value is -4.40. The molecule has 1 atom stereocenters. The lowest BCUT2D eigenvalue weighted by Gasteiger charge is -2.17. The maximum Gasteiger partial charge on any atom is 0.439 e. The van der Waals surface area contributed by atoms with Crippen molar-refractivity contribution in [1.82, 2.24) is 19.7 Å². The lowest BCUT2D eigenvalue weighted by Crippen LogP contribution is -2.29. The first-order valence-corrected chi connectivity index (χ1v) is 14.3. The van der Waals surface area contributed by atoms with Gasteiger partial charge in [0, 0.05) is 17.5 Å². The van der Waals surface area contributed by atoms with Gasteiger partial charge in [0.2, 0.25) is 0 Å². The van der Waals surface area contributed by atoms with E-state index in [9.17, 15) is 9.59 Å². The average Bonchev–Trinajstić information content (AvgIpc) is 3.44. The first kappa shape index (κ1) is 29.1. The summed E-state index contributed by atoms with van der Waals surface area (Å²) >= 11 is 12.2. The Bertz CT molecular complexity index is 1810. The van der Waals surface area contributed by atoms with Crippen LogP contribution in [0.3, 0.4) is 0 Å². The Kier molecular flexibility index (Phi) is 9.05. The monoisotopic (exact) mass is 602 g/mol. The second kappa shape index (κ2) is 13.1. The molecule has 0 saturated carbocycles. The van der Waals surface area contributed by atoms with Crippen LogP contribution in [0.25, 0.3) is 28.2 Å². The zero-order valence-electron chi connectivity index (χ0n) is 22.8. The number of H-pyrrole nitrogens is 1. The Morgan fingerprint density at radius 1 is 1.05 bits per heavy atom. The zero-order valence-corrected chi connectivity index (χ0v) is 24.4. The van der Waals surface area contributed by atoms with E-state index >= 15 is 0 Å². The molecule has 214 valence electrons. The molecule has 0 radical (unpaired) electrons. The molecule has 2 heterocycles. The Balaban J connectivity index is 1.52. The van der Waals surface area contributed by atoms with Gasteiger partial charge in [-0.25, -0.2) is 9.78 Å². The number of nitrogens with one attached hydrogen (secondary N) is 1. The molecule has 1 N–H and O–H groups in total. The molecule has 5 rings (SSSR count). The van der Waals surface area contributed by atoms with Gasteiger partial charge in [0.25, 0.3) is 5.56 Å². The number of ether oxygens (including phenoxy) is 1. The van der Waals surface area contributed by atoms with Gasteiger partial charge in [0.05, 0.1) is 17.3 Å². The summed E-state index contributed by atoms with van der Waals surface area (Å²) in [4.78, 5) is 33.0. The van der Waals surface area contributed by atoms with Crippen molar-refractivity contribution in [2.24, 2.45) is 0 Å². The number of aryl methyl sites for hydroxylation is 1. The molecule has 1 unspecified atom stereocenters. The number of aromatic nitrogens is 4. The molecule has 0 aliphatic heterocycles. The van der Waals surface area contributed by atoms with Crippen molar-refractivity contribution in [2.75, 3.05) is 0 Å². The van der Waals surface area contributed by atoms with Crippen LogP contribution in [0.1, 0.15) is 36.0 Å². The molecule has 10 heteroatoms. The molecule has 42 heavy (non-hydrogen) atoms. The maximum absolute atomic E-state index is 14.0. The normalized spacial score (nSPS) is 11.8. The molecule has 0 spiro atoms. The standard InChI is InChI=1S/C32H28Cl2N4O4/c1-3-4-9-28-27(31(39)38(29(19-33)35-28)23-14-16-24(17-15-23)41-20(2)34)18-21-10-12-22(13-11-21)25-7-5-6-8-26(25)30-36-32(40)42-37-30/h3,5-8,10-17,20H,1,4,9,18-19H2,2H3,(H,36,37,40). The third-order valence-electron chi connectivity index (χ3n) is 6.70. The Labute approximate surface area is 252 Å². The average molecular weight is 604 g/mol. The van der Waals surface area contributed by atoms with E-state index in [-0.39, 0.29) is 11.4 Å². The summed E-state index contributed by atoms with van der Waals surface area (Å²) in [5.74, 6) is 0.861. The van der Waals surface area contributed by atoms with Gasteiger partial charge >= 0.3 is 5.76 Å². The van der Waals surface area contributed by atoms with Crippen LogP contribution in [-0.4, -0.2) is 25.3 Å². The fraction of sp³-hybridized carbons (Fsp3) is 0.188. The van der Waals surface area contributed by atoms with Crippen LogP contribution in [0, 0.1) is 0 Å². The van der Waals surface area contributed by atoms with Crippen molar-refractivity contribution in [3.05, 3.63) is 129 Å². The summed E-state index contributed by atoms with van der Waals surface area (Å²) in [6.07, 6.45) is 3.43. The van der Waals surface area contributed by atoms with Gasteiger partial charge in [-0.2, -0.15) is 0 Å². The predicted molar refractivity (Wildman–Crippen MR) is 165 cm³/mol. The molecule has 0 fully saturated rings. The fourth-order valence-electron chi connectivity index (χ4n) is 4.78. The number of rotatable bonds is 11. The summed E-state index contributed by atoms with van der Waals surface area (Å²) < 4.78 is 11.8. The Morgan fingerprint density at radius 3 is 2.38 bits per heavy atom. The van der Waals surface area contributed by atoms with E-state index in [0.29, 0.717) is 53.6 Å². The summed E-state index contributed by atoms with van der Waals surface area (Å²) in [7, 11) is 0. The number of nitrogens with zero attached hydrogens (tertiary/aromatic N) is 3. The van der Waals surface area contributed by atoms with Gasteiger partial charge in [0.15, 0.2) is 11.4 Å². The van der Waals surface area contributed by atoms with Gasteiger partial charge in [-0.3, -0.25) is 18.9 Å². The number of hydrogen-bond donors (Lipinski definition) is 1. The minimum absolute atomic E-state index is 0.0679. The summed E-state index contributed by atoms with van der Waals surface area (Å²) in [6, 6.07) is 22.6. The van der Waals surface area contributed by atoms with Crippen LogP contribution in [0.15, 0.2) is 99.6 Å². The highest BCUT2D eigenvalue weighted by molar-refractivity contribution is 6.19. The third-order valence-corrected chi connectivity index (χ3v) is 7.03. The van der Waals surface area contributed by atoms with Crippen LogP contribution in [0.5, 0.6) is 5.75 Å². The molecular formula is C32H28Cl2N4O4. The molecule has 5 aromatic rings. The van der Waals surface area contributed by atoms with Gasteiger partial charge in [-0.1, -0.05) is 71.4 Å². The van der Waals surface area contributed by atoms with Crippen LogP contribution in [-0.2, 0) is 18.7 Å². The zero-order chi connectivity index (χ0) is 29.6. The van der Waals surface area contributed by atoms with E-state index in [4.69, 9.17) is 37.4 Å². The van der Waals surface area contributed by atoms with Crippen molar-refractivity contribution >= 4 is 23.2 Å². The second-order valence-corrected chi connectivity index (χ2v) is 10.5. The fourth-order valence-corrected chi connectivity index (χ4v) is 5.06. The van der Waals surface area contributed by atoms with E-state index < -0.39 is 11.3 Å². The summed E-state index contributed by atoms with van der Waals surface area (Å²) in [6.45, 7) is 5.56. The molecule has 0 aliphatic rings. The third kappa shape index (κ3) is 6.40. The van der Waals surface area contributed by atoms with Crippen LogP contribution in [0.4, 0.5) is 0 Å². The van der Waals surface area contributed by atoms with E-state index in [1.165, 1.54) is 0 Å². The molecule has 0 amide bonds. The number of benzene rings is 3. The van der Waals surface area contributed by atoms with Crippen molar-refractivity contribution in [3.8, 4) is 34.0 Å². The Morgan fingerprint density at radius 2 is 1.76 bits per heavy atom. The minimum atomic E-state index is -0.615. The van der Waals surface area contributed by atoms with Gasteiger partial charge < -0.3 is 4.74 Å². The molecule has 2 aromatic heterocycles. The van der Waals surface area contributed by atoms with E-state index in [1.54, 1.807) is 35.8 Å². The maximum atomic E-state index is 14.0. The molecule has 0 bridgehead atoms. The number of alkyl halides is 2. The molecule has 0 aliphatic carbocycles. The lowest BCUT2D eigenvalue weighted by atomic mass is 9.96. The van der Waals surface area contributed by atoms with Crippen LogP contribution in [0.2, 0.25) is 0 Å². The second-order valence-electron chi connectivity index (χ2n) is 9.57. The lowest BCUT2D eigenvalue weighted by molar-refractivity contribution is 0.301. The van der Waals surface area contributed by atoms with Gasteiger partial charge in [0.1, 0.15) is 11.6 Å². The highest BCUT2D eigenvalue weighted by Gasteiger charge is 2.18. The number of halogens is 2. The van der Waals surface area contributed by atoms with Gasteiger partial charge in [-0.05, 0) is 60.7 Å².